The standard InChI is InChI=1S/C9H12N2O2S/c1-7(12)8-6-10-9(14-8)11-2-4-13-5-3-11/h6H,2-5H2,1H3. The van der Waals surface area contributed by atoms with Gasteiger partial charge in [0.1, 0.15) is 0 Å². The van der Waals surface area contributed by atoms with Gasteiger partial charge < -0.3 is 9.64 Å². The first-order valence-electron chi connectivity index (χ1n) is 4.57. The Balaban J connectivity index is 2.11. The molecule has 1 aliphatic rings. The number of aromatic nitrogens is 1. The predicted molar refractivity (Wildman–Crippen MR) is 55.2 cm³/mol. The molecule has 0 aliphatic carbocycles. The van der Waals surface area contributed by atoms with Crippen LogP contribution in [0.1, 0.15) is 16.6 Å². The molecule has 0 radical (unpaired) electrons. The van der Waals surface area contributed by atoms with Gasteiger partial charge in [-0.3, -0.25) is 4.79 Å². The molecule has 1 aromatic rings. The van der Waals surface area contributed by atoms with Crippen LogP contribution >= 0.6 is 11.3 Å². The summed E-state index contributed by atoms with van der Waals surface area (Å²) in [6.07, 6.45) is 1.65. The summed E-state index contributed by atoms with van der Waals surface area (Å²) in [6, 6.07) is 0. The molecule has 4 nitrogen and oxygen atoms in total. The van der Waals surface area contributed by atoms with Gasteiger partial charge in [-0.1, -0.05) is 11.3 Å². The Bertz CT molecular complexity index is 331. The van der Waals surface area contributed by atoms with Gasteiger partial charge in [0.2, 0.25) is 0 Å². The summed E-state index contributed by atoms with van der Waals surface area (Å²) in [6.45, 7) is 4.79. The van der Waals surface area contributed by atoms with Crippen molar-refractivity contribution in [3.63, 3.8) is 0 Å². The van der Waals surface area contributed by atoms with E-state index in [1.54, 1.807) is 13.1 Å². The SMILES string of the molecule is CC(=O)c1cnc(N2CCOCC2)s1. The highest BCUT2D eigenvalue weighted by Crippen LogP contribution is 2.23. The van der Waals surface area contributed by atoms with Gasteiger partial charge in [0.05, 0.1) is 24.3 Å². The van der Waals surface area contributed by atoms with E-state index in [0.29, 0.717) is 0 Å². The number of ketones is 1. The minimum absolute atomic E-state index is 0.0852. The minimum atomic E-state index is 0.0852. The van der Waals surface area contributed by atoms with Crippen LogP contribution in [0.4, 0.5) is 5.13 Å². The average Bonchev–Trinajstić information content (AvgIpc) is 2.68. The van der Waals surface area contributed by atoms with E-state index in [2.05, 4.69) is 9.88 Å². The van der Waals surface area contributed by atoms with Crippen molar-refractivity contribution < 1.29 is 9.53 Å². The Morgan fingerprint density at radius 1 is 1.57 bits per heavy atom. The van der Waals surface area contributed by atoms with E-state index < -0.39 is 0 Å². The minimum Gasteiger partial charge on any atom is -0.378 e. The molecule has 0 spiro atoms. The molecule has 0 bridgehead atoms. The van der Waals surface area contributed by atoms with Crippen molar-refractivity contribution in [2.45, 2.75) is 6.92 Å². The highest BCUT2D eigenvalue weighted by atomic mass is 32.1. The van der Waals surface area contributed by atoms with Crippen LogP contribution in [0.3, 0.4) is 0 Å². The second-order valence-electron chi connectivity index (χ2n) is 3.16. The van der Waals surface area contributed by atoms with E-state index in [4.69, 9.17) is 4.74 Å². The van der Waals surface area contributed by atoms with Gasteiger partial charge >= 0.3 is 0 Å². The number of rotatable bonds is 2. The lowest BCUT2D eigenvalue weighted by Crippen LogP contribution is -2.36. The van der Waals surface area contributed by atoms with Crippen molar-refractivity contribution in [2.75, 3.05) is 31.2 Å². The molecule has 0 N–H and O–H groups in total. The van der Waals surface area contributed by atoms with Crippen LogP contribution in [0.15, 0.2) is 6.20 Å². The highest BCUT2D eigenvalue weighted by Gasteiger charge is 2.15. The summed E-state index contributed by atoms with van der Waals surface area (Å²) in [5.41, 5.74) is 0. The lowest BCUT2D eigenvalue weighted by atomic mass is 10.4. The van der Waals surface area contributed by atoms with E-state index in [0.717, 1.165) is 36.3 Å². The zero-order valence-corrected chi connectivity index (χ0v) is 8.84. The molecule has 1 aromatic heterocycles. The van der Waals surface area contributed by atoms with E-state index in [9.17, 15) is 4.79 Å². The van der Waals surface area contributed by atoms with Gasteiger partial charge in [-0.15, -0.1) is 0 Å². The number of ether oxygens (including phenoxy) is 1. The summed E-state index contributed by atoms with van der Waals surface area (Å²) >= 11 is 1.46. The molecule has 5 heteroatoms. The van der Waals surface area contributed by atoms with Crippen molar-refractivity contribution >= 4 is 22.3 Å². The maximum absolute atomic E-state index is 11.1. The average molecular weight is 212 g/mol. The highest BCUT2D eigenvalue weighted by molar-refractivity contribution is 7.17. The molecule has 14 heavy (non-hydrogen) atoms. The first kappa shape index (κ1) is 9.61. The number of hydrogen-bond donors (Lipinski definition) is 0. The van der Waals surface area contributed by atoms with E-state index in [-0.39, 0.29) is 5.78 Å². The number of carbonyl (C=O) groups is 1. The number of nitrogens with zero attached hydrogens (tertiary/aromatic N) is 2. The second-order valence-corrected chi connectivity index (χ2v) is 4.17. The number of anilines is 1. The number of thiazole rings is 1. The van der Waals surface area contributed by atoms with E-state index in [1.807, 2.05) is 0 Å². The van der Waals surface area contributed by atoms with Gasteiger partial charge in [0, 0.05) is 20.0 Å². The zero-order valence-electron chi connectivity index (χ0n) is 8.02. The molecule has 2 heterocycles. The normalized spacial score (nSPS) is 17.1. The molecule has 1 saturated heterocycles. The van der Waals surface area contributed by atoms with Crippen molar-refractivity contribution in [1.82, 2.24) is 4.98 Å². The Hall–Kier alpha value is -0.940. The van der Waals surface area contributed by atoms with Crippen LogP contribution in [0.2, 0.25) is 0 Å². The Morgan fingerprint density at radius 2 is 2.29 bits per heavy atom. The van der Waals surface area contributed by atoms with Gasteiger partial charge in [-0.05, 0) is 0 Å². The first-order chi connectivity index (χ1) is 6.77. The Kier molecular flexibility index (Phi) is 2.79. The lowest BCUT2D eigenvalue weighted by Gasteiger charge is -2.25. The van der Waals surface area contributed by atoms with Crippen LogP contribution in [0, 0.1) is 0 Å². The third-order valence-corrected chi connectivity index (χ3v) is 3.28. The third kappa shape index (κ3) is 1.93. The van der Waals surface area contributed by atoms with Crippen LogP contribution in [0.5, 0.6) is 0 Å². The lowest BCUT2D eigenvalue weighted by molar-refractivity contribution is 0.102. The number of hydrogen-bond acceptors (Lipinski definition) is 5. The molecule has 0 amide bonds. The summed E-state index contributed by atoms with van der Waals surface area (Å²) in [4.78, 5) is 18.2. The number of Topliss-reactive ketones (excluding diaryl/α,β-unsaturated/α-hetero) is 1. The quantitative estimate of drug-likeness (QED) is 0.690. The van der Waals surface area contributed by atoms with Gasteiger partial charge in [-0.25, -0.2) is 4.98 Å². The Morgan fingerprint density at radius 3 is 2.86 bits per heavy atom. The molecular weight excluding hydrogens is 200 g/mol. The van der Waals surface area contributed by atoms with E-state index >= 15 is 0 Å². The van der Waals surface area contributed by atoms with E-state index in [1.165, 1.54) is 11.3 Å². The van der Waals surface area contributed by atoms with Crippen LogP contribution in [0.25, 0.3) is 0 Å². The van der Waals surface area contributed by atoms with Crippen LogP contribution < -0.4 is 4.90 Å². The maximum atomic E-state index is 11.1. The molecule has 76 valence electrons. The van der Waals surface area contributed by atoms with Crippen molar-refractivity contribution in [1.29, 1.82) is 0 Å². The third-order valence-electron chi connectivity index (χ3n) is 2.12. The zero-order chi connectivity index (χ0) is 9.97. The summed E-state index contributed by atoms with van der Waals surface area (Å²) in [5.74, 6) is 0.0852. The Labute approximate surface area is 86.5 Å². The molecule has 1 aliphatic heterocycles. The van der Waals surface area contributed by atoms with Gasteiger partial charge in [0.25, 0.3) is 0 Å². The molecule has 1 fully saturated rings. The van der Waals surface area contributed by atoms with Gasteiger partial charge in [-0.2, -0.15) is 0 Å². The van der Waals surface area contributed by atoms with Crippen molar-refractivity contribution in [2.24, 2.45) is 0 Å². The molecule has 0 aromatic carbocycles. The largest absolute Gasteiger partial charge is 0.378 e. The summed E-state index contributed by atoms with van der Waals surface area (Å²) in [5, 5.41) is 0.929. The fourth-order valence-corrected chi connectivity index (χ4v) is 2.19. The van der Waals surface area contributed by atoms with Gasteiger partial charge in [0.15, 0.2) is 10.9 Å². The number of morpholine rings is 1. The smallest absolute Gasteiger partial charge is 0.186 e. The maximum Gasteiger partial charge on any atom is 0.186 e. The monoisotopic (exact) mass is 212 g/mol. The van der Waals surface area contributed by atoms with Crippen LogP contribution in [-0.4, -0.2) is 37.1 Å². The predicted octanol–water partition coefficient (Wildman–Crippen LogP) is 1.18. The van der Waals surface area contributed by atoms with Crippen molar-refractivity contribution in [3.8, 4) is 0 Å². The van der Waals surface area contributed by atoms with Crippen molar-refractivity contribution in [3.05, 3.63) is 11.1 Å². The fraction of sp³-hybridized carbons (Fsp3) is 0.556. The van der Waals surface area contributed by atoms with Crippen LogP contribution in [-0.2, 0) is 4.74 Å². The molecule has 0 saturated carbocycles. The summed E-state index contributed by atoms with van der Waals surface area (Å²) in [7, 11) is 0. The topological polar surface area (TPSA) is 42.4 Å². The first-order valence-corrected chi connectivity index (χ1v) is 5.38. The second kappa shape index (κ2) is 4.06. The molecule has 2 rings (SSSR count). The fourth-order valence-electron chi connectivity index (χ4n) is 1.33. The molecule has 0 atom stereocenters. The molecule has 0 unspecified atom stereocenters. The summed E-state index contributed by atoms with van der Waals surface area (Å²) < 4.78 is 5.24. The number of carbonyl (C=O) groups excluding carboxylic acids is 1. The molecular formula is C9H12N2O2S.